The van der Waals surface area contributed by atoms with Gasteiger partial charge in [0.25, 0.3) is 0 Å². The predicted octanol–water partition coefficient (Wildman–Crippen LogP) is 3.27. The molecule has 0 spiro atoms. The summed E-state index contributed by atoms with van der Waals surface area (Å²) in [5.41, 5.74) is 5.98. The number of aromatic amines is 1. The number of nitrogens with zero attached hydrogens (tertiary/aromatic N) is 3. The number of hydrogen-bond donors (Lipinski definition) is 1. The summed E-state index contributed by atoms with van der Waals surface area (Å²) in [6.07, 6.45) is 2.72. The van der Waals surface area contributed by atoms with Crippen LogP contribution < -0.4 is 4.90 Å². The molecule has 100 valence electrons. The SMILES string of the molecule is Cc1[nH]c2ncnc(N3CCc4ccccc43)c2c1C. The summed E-state index contributed by atoms with van der Waals surface area (Å²) in [4.78, 5) is 14.6. The molecule has 0 aliphatic carbocycles. The highest BCUT2D eigenvalue weighted by atomic mass is 15.2. The van der Waals surface area contributed by atoms with Crippen molar-refractivity contribution in [2.75, 3.05) is 11.4 Å². The van der Waals surface area contributed by atoms with Crippen LogP contribution in [0, 0.1) is 13.8 Å². The van der Waals surface area contributed by atoms with Crippen LogP contribution in [-0.2, 0) is 6.42 Å². The van der Waals surface area contributed by atoms with E-state index in [0.717, 1.165) is 35.5 Å². The van der Waals surface area contributed by atoms with Crippen LogP contribution in [0.4, 0.5) is 11.5 Å². The van der Waals surface area contributed by atoms with Crippen LogP contribution in [0.2, 0.25) is 0 Å². The lowest BCUT2D eigenvalue weighted by Gasteiger charge is -2.19. The first-order valence-corrected chi connectivity index (χ1v) is 6.91. The first-order chi connectivity index (χ1) is 9.75. The second kappa shape index (κ2) is 4.07. The number of nitrogens with one attached hydrogen (secondary N) is 1. The molecule has 1 aliphatic rings. The fraction of sp³-hybridized carbons (Fsp3) is 0.250. The van der Waals surface area contributed by atoms with E-state index in [2.05, 4.69) is 58.0 Å². The summed E-state index contributed by atoms with van der Waals surface area (Å²) >= 11 is 0. The zero-order valence-electron chi connectivity index (χ0n) is 11.6. The normalized spacial score (nSPS) is 14.0. The van der Waals surface area contributed by atoms with Gasteiger partial charge in [-0.05, 0) is 37.5 Å². The molecule has 1 N–H and O–H groups in total. The molecule has 3 heterocycles. The molecule has 2 aromatic heterocycles. The maximum atomic E-state index is 4.56. The fourth-order valence-electron chi connectivity index (χ4n) is 3.04. The lowest BCUT2D eigenvalue weighted by atomic mass is 10.1. The molecule has 0 amide bonds. The summed E-state index contributed by atoms with van der Waals surface area (Å²) in [6, 6.07) is 8.56. The van der Waals surface area contributed by atoms with Crippen molar-refractivity contribution in [2.24, 2.45) is 0 Å². The Labute approximate surface area is 117 Å². The van der Waals surface area contributed by atoms with Gasteiger partial charge in [0.15, 0.2) is 0 Å². The number of fused-ring (bicyclic) bond motifs is 2. The predicted molar refractivity (Wildman–Crippen MR) is 80.5 cm³/mol. The van der Waals surface area contributed by atoms with E-state index in [-0.39, 0.29) is 0 Å². The fourth-order valence-corrected chi connectivity index (χ4v) is 3.04. The van der Waals surface area contributed by atoms with E-state index in [1.54, 1.807) is 6.33 Å². The van der Waals surface area contributed by atoms with Crippen molar-refractivity contribution in [3.63, 3.8) is 0 Å². The number of H-pyrrole nitrogens is 1. The van der Waals surface area contributed by atoms with Crippen molar-refractivity contribution in [3.05, 3.63) is 47.4 Å². The number of anilines is 2. The van der Waals surface area contributed by atoms with E-state index >= 15 is 0 Å². The molecular formula is C16H16N4. The quantitative estimate of drug-likeness (QED) is 0.733. The Balaban J connectivity index is 1.96. The lowest BCUT2D eigenvalue weighted by molar-refractivity contribution is 0.974. The average Bonchev–Trinajstić information content (AvgIpc) is 3.01. The molecule has 4 rings (SSSR count). The van der Waals surface area contributed by atoms with Gasteiger partial charge >= 0.3 is 0 Å². The molecule has 0 radical (unpaired) electrons. The van der Waals surface area contributed by atoms with Gasteiger partial charge in [-0.25, -0.2) is 9.97 Å². The summed E-state index contributed by atoms with van der Waals surface area (Å²) in [5.74, 6) is 1.02. The van der Waals surface area contributed by atoms with Gasteiger partial charge in [-0.1, -0.05) is 18.2 Å². The summed E-state index contributed by atoms with van der Waals surface area (Å²) in [5, 5.41) is 1.14. The van der Waals surface area contributed by atoms with Gasteiger partial charge in [-0.3, -0.25) is 0 Å². The van der Waals surface area contributed by atoms with Crippen molar-refractivity contribution in [1.82, 2.24) is 15.0 Å². The smallest absolute Gasteiger partial charge is 0.146 e. The van der Waals surface area contributed by atoms with Crippen LogP contribution in [-0.4, -0.2) is 21.5 Å². The van der Waals surface area contributed by atoms with Gasteiger partial charge in [0.05, 0.1) is 5.39 Å². The van der Waals surface area contributed by atoms with Gasteiger partial charge in [-0.2, -0.15) is 0 Å². The summed E-state index contributed by atoms with van der Waals surface area (Å²) < 4.78 is 0. The standard InChI is InChI=1S/C16H16N4/c1-10-11(2)19-15-14(10)16(18-9-17-15)20-8-7-12-5-3-4-6-13(12)20/h3-6,9H,7-8H2,1-2H3,(H,17,18,19). The van der Waals surface area contributed by atoms with Crippen molar-refractivity contribution in [2.45, 2.75) is 20.3 Å². The van der Waals surface area contributed by atoms with Gasteiger partial charge in [0.2, 0.25) is 0 Å². The Hall–Kier alpha value is -2.36. The Bertz CT molecular complexity index is 803. The van der Waals surface area contributed by atoms with Crippen LogP contribution in [0.1, 0.15) is 16.8 Å². The van der Waals surface area contributed by atoms with Crippen LogP contribution >= 0.6 is 0 Å². The molecular weight excluding hydrogens is 248 g/mol. The maximum absolute atomic E-state index is 4.56. The second-order valence-corrected chi connectivity index (χ2v) is 5.33. The Kier molecular flexibility index (Phi) is 2.33. The first kappa shape index (κ1) is 11.5. The highest BCUT2D eigenvalue weighted by Gasteiger charge is 2.24. The minimum Gasteiger partial charge on any atom is -0.343 e. The third-order valence-corrected chi connectivity index (χ3v) is 4.21. The number of para-hydroxylation sites is 1. The lowest BCUT2D eigenvalue weighted by Crippen LogP contribution is -2.15. The topological polar surface area (TPSA) is 44.8 Å². The third kappa shape index (κ3) is 1.48. The summed E-state index contributed by atoms with van der Waals surface area (Å²) in [6.45, 7) is 5.19. The molecule has 3 aromatic rings. The Morgan fingerprint density at radius 2 is 2.00 bits per heavy atom. The molecule has 0 saturated heterocycles. The van der Waals surface area contributed by atoms with E-state index in [4.69, 9.17) is 0 Å². The van der Waals surface area contributed by atoms with Gasteiger partial charge in [-0.15, -0.1) is 0 Å². The highest BCUT2D eigenvalue weighted by molar-refractivity contribution is 5.94. The molecule has 0 bridgehead atoms. The summed E-state index contributed by atoms with van der Waals surface area (Å²) in [7, 11) is 0. The second-order valence-electron chi connectivity index (χ2n) is 5.33. The van der Waals surface area contributed by atoms with E-state index < -0.39 is 0 Å². The molecule has 1 aliphatic heterocycles. The number of aryl methyl sites for hydroxylation is 2. The van der Waals surface area contributed by atoms with Crippen LogP contribution in [0.25, 0.3) is 11.0 Å². The minimum absolute atomic E-state index is 0.925. The first-order valence-electron chi connectivity index (χ1n) is 6.91. The third-order valence-electron chi connectivity index (χ3n) is 4.21. The molecule has 20 heavy (non-hydrogen) atoms. The van der Waals surface area contributed by atoms with E-state index in [0.29, 0.717) is 0 Å². The van der Waals surface area contributed by atoms with Gasteiger partial charge < -0.3 is 9.88 Å². The molecule has 0 atom stereocenters. The average molecular weight is 264 g/mol. The van der Waals surface area contributed by atoms with Gasteiger partial charge in [0.1, 0.15) is 17.8 Å². The molecule has 0 unspecified atom stereocenters. The minimum atomic E-state index is 0.925. The van der Waals surface area contributed by atoms with Crippen molar-refractivity contribution in [1.29, 1.82) is 0 Å². The van der Waals surface area contributed by atoms with E-state index in [9.17, 15) is 0 Å². The molecule has 1 aromatic carbocycles. The van der Waals surface area contributed by atoms with Crippen molar-refractivity contribution in [3.8, 4) is 0 Å². The number of hydrogen-bond acceptors (Lipinski definition) is 3. The number of benzene rings is 1. The molecule has 0 fully saturated rings. The van der Waals surface area contributed by atoms with E-state index in [1.165, 1.54) is 16.8 Å². The zero-order chi connectivity index (χ0) is 13.7. The van der Waals surface area contributed by atoms with E-state index in [1.807, 2.05) is 0 Å². The monoisotopic (exact) mass is 264 g/mol. The molecule has 4 nitrogen and oxygen atoms in total. The van der Waals surface area contributed by atoms with Crippen LogP contribution in [0.5, 0.6) is 0 Å². The van der Waals surface area contributed by atoms with Crippen molar-refractivity contribution >= 4 is 22.5 Å². The number of aromatic nitrogens is 3. The Morgan fingerprint density at radius 1 is 1.15 bits per heavy atom. The van der Waals surface area contributed by atoms with Crippen LogP contribution in [0.3, 0.4) is 0 Å². The van der Waals surface area contributed by atoms with Gasteiger partial charge in [0, 0.05) is 17.9 Å². The molecule has 4 heteroatoms. The number of rotatable bonds is 1. The largest absolute Gasteiger partial charge is 0.343 e. The van der Waals surface area contributed by atoms with Crippen LogP contribution in [0.15, 0.2) is 30.6 Å². The maximum Gasteiger partial charge on any atom is 0.146 e. The molecule has 0 saturated carbocycles. The Morgan fingerprint density at radius 3 is 2.90 bits per heavy atom. The van der Waals surface area contributed by atoms with Crippen molar-refractivity contribution < 1.29 is 0 Å². The highest BCUT2D eigenvalue weighted by Crippen LogP contribution is 2.37. The zero-order valence-corrected chi connectivity index (χ0v) is 11.6.